The van der Waals surface area contributed by atoms with Crippen molar-refractivity contribution in [3.63, 3.8) is 0 Å². The molecule has 5 rings (SSSR count). The molecule has 1 aromatic carbocycles. The van der Waals surface area contributed by atoms with E-state index in [1.54, 1.807) is 0 Å². The number of nitrogens with zero attached hydrogens (tertiary/aromatic N) is 4. The number of carbonyl (C=O) groups excluding carboxylic acids is 1. The van der Waals surface area contributed by atoms with Crippen LogP contribution in [0.25, 0.3) is 11.3 Å². The lowest BCUT2D eigenvalue weighted by Crippen LogP contribution is -2.38. The van der Waals surface area contributed by atoms with E-state index < -0.39 is 0 Å². The van der Waals surface area contributed by atoms with Crippen LogP contribution < -0.4 is 0 Å². The molecule has 3 aromatic rings. The molecule has 0 atom stereocenters. The molecule has 6 heteroatoms. The zero-order valence-corrected chi connectivity index (χ0v) is 16.5. The van der Waals surface area contributed by atoms with E-state index in [9.17, 15) is 4.79 Å². The molecule has 2 fully saturated rings. The van der Waals surface area contributed by atoms with Gasteiger partial charge >= 0.3 is 0 Å². The number of hydrogen-bond donors (Lipinski definition) is 0. The number of benzene rings is 1. The third-order valence-electron chi connectivity index (χ3n) is 5.86. The van der Waals surface area contributed by atoms with Crippen molar-refractivity contribution in [1.82, 2.24) is 20.0 Å². The minimum Gasteiger partial charge on any atom is -0.356 e. The monoisotopic (exact) mass is 388 g/mol. The van der Waals surface area contributed by atoms with Crippen LogP contribution in [0.1, 0.15) is 65.1 Å². The summed E-state index contributed by atoms with van der Waals surface area (Å²) in [5.74, 6) is 2.57. The van der Waals surface area contributed by atoms with Crippen LogP contribution in [0.2, 0.25) is 0 Å². The minimum atomic E-state index is 0.108. The molecule has 2 aliphatic rings. The molecule has 1 saturated carbocycles. The van der Waals surface area contributed by atoms with Crippen LogP contribution in [-0.4, -0.2) is 39.0 Å². The highest BCUT2D eigenvalue weighted by Crippen LogP contribution is 2.41. The Hall–Kier alpha value is -3.02. The summed E-state index contributed by atoms with van der Waals surface area (Å²) in [5, 5.41) is 4.03. The number of carbonyl (C=O) groups is 1. The minimum absolute atomic E-state index is 0.108. The summed E-state index contributed by atoms with van der Waals surface area (Å²) in [7, 11) is 0. The second kappa shape index (κ2) is 7.43. The molecule has 0 spiro atoms. The lowest BCUT2D eigenvalue weighted by molar-refractivity contribution is 0.0712. The molecule has 1 amide bonds. The Labute approximate surface area is 170 Å². The summed E-state index contributed by atoms with van der Waals surface area (Å²) in [4.78, 5) is 24.3. The number of likely N-dealkylation sites (tertiary alicyclic amines) is 1. The van der Waals surface area contributed by atoms with E-state index >= 15 is 0 Å². The van der Waals surface area contributed by atoms with Gasteiger partial charge in [-0.15, -0.1) is 0 Å². The van der Waals surface area contributed by atoms with Crippen molar-refractivity contribution in [3.8, 4) is 11.3 Å². The molecule has 148 valence electrons. The number of rotatable bonds is 4. The molecule has 3 heterocycles. The van der Waals surface area contributed by atoms with Gasteiger partial charge in [0, 0.05) is 42.8 Å². The third-order valence-corrected chi connectivity index (χ3v) is 5.86. The Morgan fingerprint density at radius 3 is 2.48 bits per heavy atom. The van der Waals surface area contributed by atoms with E-state index in [1.165, 1.54) is 12.8 Å². The van der Waals surface area contributed by atoms with Gasteiger partial charge in [-0.2, -0.15) is 0 Å². The first-order valence-corrected chi connectivity index (χ1v) is 10.3. The number of amides is 1. The highest BCUT2D eigenvalue weighted by molar-refractivity contribution is 5.94. The molecule has 2 aromatic heterocycles. The molecule has 1 aliphatic heterocycles. The first-order chi connectivity index (χ1) is 14.2. The number of hydrogen-bond acceptors (Lipinski definition) is 5. The summed E-state index contributed by atoms with van der Waals surface area (Å²) < 4.78 is 5.52. The highest BCUT2D eigenvalue weighted by Gasteiger charge is 2.31. The van der Waals surface area contributed by atoms with Gasteiger partial charge in [-0.1, -0.05) is 23.4 Å². The summed E-state index contributed by atoms with van der Waals surface area (Å²) >= 11 is 0. The largest absolute Gasteiger partial charge is 0.356 e. The highest BCUT2D eigenvalue weighted by atomic mass is 16.5. The van der Waals surface area contributed by atoms with E-state index in [2.05, 4.69) is 10.1 Å². The Balaban J connectivity index is 1.38. The van der Waals surface area contributed by atoms with E-state index in [4.69, 9.17) is 9.51 Å². The van der Waals surface area contributed by atoms with Gasteiger partial charge in [0.2, 0.25) is 0 Å². The summed E-state index contributed by atoms with van der Waals surface area (Å²) in [6, 6.07) is 11.4. The molecule has 1 aliphatic carbocycles. The van der Waals surface area contributed by atoms with Crippen molar-refractivity contribution >= 4 is 5.91 Å². The van der Waals surface area contributed by atoms with Gasteiger partial charge < -0.3 is 9.42 Å². The maximum Gasteiger partial charge on any atom is 0.253 e. The standard InChI is InChI=1S/C23H24N4O2/c1-15-13-20(29-26-15)19-14-24-22(17-7-8-17)25-21(19)16-9-11-27(12-10-16)23(28)18-5-3-2-4-6-18/h2-6,13-14,16-17H,7-12H2,1H3. The lowest BCUT2D eigenvalue weighted by Gasteiger charge is -2.32. The van der Waals surface area contributed by atoms with Crippen molar-refractivity contribution in [3.05, 3.63) is 65.4 Å². The van der Waals surface area contributed by atoms with E-state index in [1.807, 2.05) is 54.4 Å². The van der Waals surface area contributed by atoms with Gasteiger partial charge in [0.15, 0.2) is 5.76 Å². The zero-order valence-electron chi connectivity index (χ0n) is 16.5. The Morgan fingerprint density at radius 2 is 1.83 bits per heavy atom. The zero-order chi connectivity index (χ0) is 19.8. The second-order valence-corrected chi connectivity index (χ2v) is 8.07. The molecule has 0 radical (unpaired) electrons. The topological polar surface area (TPSA) is 72.1 Å². The molecule has 0 N–H and O–H groups in total. The maximum atomic E-state index is 12.8. The van der Waals surface area contributed by atoms with Gasteiger partial charge in [0.1, 0.15) is 5.82 Å². The molecular weight excluding hydrogens is 364 g/mol. The fourth-order valence-electron chi connectivity index (χ4n) is 4.06. The van der Waals surface area contributed by atoms with Crippen LogP contribution in [0.3, 0.4) is 0 Å². The normalized spacial score (nSPS) is 17.5. The number of piperidine rings is 1. The fraction of sp³-hybridized carbons (Fsp3) is 0.391. The summed E-state index contributed by atoms with van der Waals surface area (Å²) in [6.07, 6.45) is 6.02. The van der Waals surface area contributed by atoms with Gasteiger partial charge in [-0.05, 0) is 44.7 Å². The Kier molecular flexibility index (Phi) is 4.62. The van der Waals surface area contributed by atoms with Crippen LogP contribution >= 0.6 is 0 Å². The predicted octanol–water partition coefficient (Wildman–Crippen LogP) is 4.34. The maximum absolute atomic E-state index is 12.8. The quantitative estimate of drug-likeness (QED) is 0.665. The second-order valence-electron chi connectivity index (χ2n) is 8.07. The van der Waals surface area contributed by atoms with Crippen LogP contribution in [-0.2, 0) is 0 Å². The summed E-state index contributed by atoms with van der Waals surface area (Å²) in [5.41, 5.74) is 3.58. The fourth-order valence-corrected chi connectivity index (χ4v) is 4.06. The summed E-state index contributed by atoms with van der Waals surface area (Å²) in [6.45, 7) is 3.38. The van der Waals surface area contributed by atoms with Crippen molar-refractivity contribution in [2.45, 2.75) is 44.4 Å². The average molecular weight is 388 g/mol. The molecule has 0 unspecified atom stereocenters. The van der Waals surface area contributed by atoms with Crippen molar-refractivity contribution in [2.75, 3.05) is 13.1 Å². The van der Waals surface area contributed by atoms with Crippen molar-refractivity contribution < 1.29 is 9.32 Å². The molecular formula is C23H24N4O2. The number of aryl methyl sites for hydroxylation is 1. The van der Waals surface area contributed by atoms with E-state index in [-0.39, 0.29) is 11.8 Å². The molecule has 1 saturated heterocycles. The predicted molar refractivity (Wildman–Crippen MR) is 109 cm³/mol. The van der Waals surface area contributed by atoms with E-state index in [0.29, 0.717) is 5.92 Å². The molecule has 6 nitrogen and oxygen atoms in total. The smallest absolute Gasteiger partial charge is 0.253 e. The van der Waals surface area contributed by atoms with Gasteiger partial charge in [0.25, 0.3) is 5.91 Å². The lowest BCUT2D eigenvalue weighted by atomic mass is 9.89. The van der Waals surface area contributed by atoms with Crippen molar-refractivity contribution in [2.24, 2.45) is 0 Å². The molecule has 0 bridgehead atoms. The van der Waals surface area contributed by atoms with Crippen LogP contribution in [0.4, 0.5) is 0 Å². The van der Waals surface area contributed by atoms with Crippen molar-refractivity contribution in [1.29, 1.82) is 0 Å². The SMILES string of the molecule is Cc1cc(-c2cnc(C3CC3)nc2C2CCN(C(=O)c3ccccc3)CC2)on1. The Bertz CT molecular complexity index is 1020. The number of aromatic nitrogens is 3. The van der Waals surface area contributed by atoms with Gasteiger partial charge in [0.05, 0.1) is 17.0 Å². The average Bonchev–Trinajstić information content (AvgIpc) is 3.54. The van der Waals surface area contributed by atoms with Crippen LogP contribution in [0, 0.1) is 6.92 Å². The Morgan fingerprint density at radius 1 is 1.07 bits per heavy atom. The van der Waals surface area contributed by atoms with Crippen LogP contribution in [0.15, 0.2) is 47.1 Å². The first-order valence-electron chi connectivity index (χ1n) is 10.3. The third kappa shape index (κ3) is 3.67. The molecule has 29 heavy (non-hydrogen) atoms. The van der Waals surface area contributed by atoms with Gasteiger partial charge in [-0.3, -0.25) is 4.79 Å². The van der Waals surface area contributed by atoms with E-state index in [0.717, 1.165) is 60.0 Å². The van der Waals surface area contributed by atoms with Gasteiger partial charge in [-0.25, -0.2) is 9.97 Å². The first kappa shape index (κ1) is 18.0. The van der Waals surface area contributed by atoms with Crippen LogP contribution in [0.5, 0.6) is 0 Å².